The number of carbonyl (C=O) groups excluding carboxylic acids is 2. The molecule has 0 unspecified atom stereocenters. The molecule has 0 saturated heterocycles. The molecule has 5 rings (SSSR count). The lowest BCUT2D eigenvalue weighted by atomic mass is 10.0. The van der Waals surface area contributed by atoms with Gasteiger partial charge in [-0.05, 0) is 96.7 Å². The predicted molar refractivity (Wildman–Crippen MR) is 189 cm³/mol. The largest absolute Gasteiger partial charge is 0.573 e. The lowest BCUT2D eigenvalue weighted by Gasteiger charge is -2.26. The second-order valence-corrected chi connectivity index (χ2v) is 13.4. The molecule has 2 amide bonds. The third-order valence-electron chi connectivity index (χ3n) is 7.74. The number of carbonyl (C=O) groups is 2. The van der Waals surface area contributed by atoms with E-state index in [2.05, 4.69) is 30.6 Å². The quantitative estimate of drug-likeness (QED) is 0.133. The molecule has 3 aromatic carbocycles. The van der Waals surface area contributed by atoms with Gasteiger partial charge in [-0.3, -0.25) is 9.59 Å². The van der Waals surface area contributed by atoms with E-state index >= 15 is 0 Å². The van der Waals surface area contributed by atoms with Crippen molar-refractivity contribution in [1.82, 2.24) is 28.9 Å². The van der Waals surface area contributed by atoms with Crippen molar-refractivity contribution in [3.8, 4) is 16.9 Å². The molecule has 52 heavy (non-hydrogen) atoms. The number of amides is 2. The van der Waals surface area contributed by atoms with Crippen molar-refractivity contribution in [3.05, 3.63) is 124 Å². The lowest BCUT2D eigenvalue weighted by molar-refractivity contribution is -0.274. The molecule has 0 radical (unpaired) electrons. The zero-order valence-corrected chi connectivity index (χ0v) is 30.9. The smallest absolute Gasteiger partial charge is 0.406 e. The maximum Gasteiger partial charge on any atom is 0.573 e. The molecule has 276 valence electrons. The van der Waals surface area contributed by atoms with Gasteiger partial charge in [0.15, 0.2) is 0 Å². The van der Waals surface area contributed by atoms with Crippen LogP contribution in [0.25, 0.3) is 11.1 Å². The number of hydrogen-bond acceptors (Lipinski definition) is 5. The highest BCUT2D eigenvalue weighted by atomic mass is 79.9. The van der Waals surface area contributed by atoms with Gasteiger partial charge >= 0.3 is 6.36 Å². The summed E-state index contributed by atoms with van der Waals surface area (Å²) >= 11 is 3.16. The monoisotopic (exact) mass is 788 g/mol. The molecule has 0 saturated carbocycles. The third-order valence-corrected chi connectivity index (χ3v) is 8.34. The highest BCUT2D eigenvalue weighted by Gasteiger charge is 2.31. The first-order chi connectivity index (χ1) is 24.4. The Kier molecular flexibility index (Phi) is 13.0. The molecule has 0 aliphatic rings. The second-order valence-electron chi connectivity index (χ2n) is 12.5. The zero-order valence-electron chi connectivity index (χ0n) is 29.3. The summed E-state index contributed by atoms with van der Waals surface area (Å²) in [5, 5.41) is 0. The summed E-state index contributed by atoms with van der Waals surface area (Å²) in [4.78, 5) is 36.9. The third kappa shape index (κ3) is 10.7. The summed E-state index contributed by atoms with van der Waals surface area (Å²) in [7, 11) is 3.58. The molecule has 0 spiro atoms. The number of aromatic nitrogens is 4. The Hall–Kier alpha value is -5.05. The molecule has 0 bridgehead atoms. The Morgan fingerprint density at radius 1 is 0.750 bits per heavy atom. The van der Waals surface area contributed by atoms with Crippen molar-refractivity contribution < 1.29 is 36.3 Å². The first-order valence-electron chi connectivity index (χ1n) is 16.1. The molecule has 15 heteroatoms. The highest BCUT2D eigenvalue weighted by Crippen LogP contribution is 2.29. The van der Waals surface area contributed by atoms with Gasteiger partial charge in [0.05, 0.1) is 17.1 Å². The Morgan fingerprint density at radius 3 is 1.62 bits per heavy atom. The van der Waals surface area contributed by atoms with E-state index in [0.29, 0.717) is 33.5 Å². The van der Waals surface area contributed by atoms with Gasteiger partial charge in [-0.1, -0.05) is 24.3 Å². The van der Waals surface area contributed by atoms with Crippen LogP contribution in [0.2, 0.25) is 0 Å². The van der Waals surface area contributed by atoms with Crippen molar-refractivity contribution in [1.29, 1.82) is 0 Å². The Labute approximate surface area is 306 Å². The molecule has 2 heterocycles. The van der Waals surface area contributed by atoms with Gasteiger partial charge in [0.2, 0.25) is 0 Å². The number of rotatable bonds is 10. The van der Waals surface area contributed by atoms with Crippen LogP contribution in [-0.4, -0.2) is 59.2 Å². The number of hydrogen-bond donors (Lipinski definition) is 0. The number of alkyl halides is 3. The fourth-order valence-electron chi connectivity index (χ4n) is 5.08. The van der Waals surface area contributed by atoms with Crippen molar-refractivity contribution >= 4 is 27.7 Å². The van der Waals surface area contributed by atoms with Crippen LogP contribution in [0.3, 0.4) is 0 Å². The fourth-order valence-corrected chi connectivity index (χ4v) is 5.50. The minimum absolute atomic E-state index is 0.0170. The van der Waals surface area contributed by atoms with Gasteiger partial charge in [-0.15, -0.1) is 13.2 Å². The van der Waals surface area contributed by atoms with Crippen molar-refractivity contribution in [2.75, 3.05) is 0 Å². The Bertz CT molecular complexity index is 1990. The normalized spacial score (nSPS) is 11.3. The van der Waals surface area contributed by atoms with E-state index < -0.39 is 12.2 Å². The van der Waals surface area contributed by atoms with Crippen LogP contribution in [0.5, 0.6) is 5.75 Å². The van der Waals surface area contributed by atoms with E-state index in [1.54, 1.807) is 69.0 Å². The fraction of sp³-hybridized carbons (Fsp3) is 0.297. The van der Waals surface area contributed by atoms with E-state index in [1.165, 1.54) is 30.6 Å². The Balaban J connectivity index is 0.000000251. The Morgan fingerprint density at radius 2 is 1.21 bits per heavy atom. The van der Waals surface area contributed by atoms with Crippen LogP contribution in [-0.2, 0) is 27.2 Å². The van der Waals surface area contributed by atoms with Gasteiger partial charge in [0, 0.05) is 57.2 Å². The maximum absolute atomic E-state index is 14.4. The van der Waals surface area contributed by atoms with Crippen LogP contribution in [0.1, 0.15) is 59.8 Å². The number of aryl methyl sites for hydroxylation is 2. The van der Waals surface area contributed by atoms with Gasteiger partial charge in [0.1, 0.15) is 28.8 Å². The summed E-state index contributed by atoms with van der Waals surface area (Å²) in [5.41, 5.74) is 2.85. The van der Waals surface area contributed by atoms with Crippen molar-refractivity contribution in [2.24, 2.45) is 14.1 Å². The molecule has 2 aromatic heterocycles. The minimum atomic E-state index is -4.80. The van der Waals surface area contributed by atoms with Crippen LogP contribution >= 0.6 is 15.9 Å². The number of nitrogens with zero attached hydrogens (tertiary/aromatic N) is 6. The first-order valence-corrected chi connectivity index (χ1v) is 16.9. The lowest BCUT2D eigenvalue weighted by Crippen LogP contribution is -2.36. The van der Waals surface area contributed by atoms with Gasteiger partial charge in [-0.2, -0.15) is 0 Å². The molecule has 0 atom stereocenters. The number of benzene rings is 3. The summed E-state index contributed by atoms with van der Waals surface area (Å²) in [6.45, 7) is 8.25. The second kappa shape index (κ2) is 17.0. The van der Waals surface area contributed by atoms with E-state index in [1.807, 2.05) is 34.7 Å². The topological polar surface area (TPSA) is 85.5 Å². The standard InChI is InChI=1S/C22H21F4N3O2.C15H17BrFN3O/c1-14(2)29(21(30)20-12-28(3)13-27-20)11-15-4-9-19(23)18(10-15)16-5-7-17(8-6-16)31-22(24,25)26;1-10(2)20(15(21)14-8-19(3)9-18-14)7-11-4-5-13(17)12(16)6-11/h4-10,12-14H,11H2,1-3H3;4-6,8-10H,7H2,1-3H3. The van der Waals surface area contributed by atoms with Crippen molar-refractivity contribution in [3.63, 3.8) is 0 Å². The zero-order chi connectivity index (χ0) is 38.3. The van der Waals surface area contributed by atoms with Gasteiger partial charge in [-0.25, -0.2) is 18.7 Å². The van der Waals surface area contributed by atoms with E-state index in [-0.39, 0.29) is 47.6 Å². The summed E-state index contributed by atoms with van der Waals surface area (Å²) < 4.78 is 72.4. The molecular formula is C37H38BrF5N6O3. The molecule has 0 fully saturated rings. The molecular weight excluding hydrogens is 751 g/mol. The number of ether oxygens (including phenoxy) is 1. The summed E-state index contributed by atoms with van der Waals surface area (Å²) in [5.74, 6) is -1.62. The summed E-state index contributed by atoms with van der Waals surface area (Å²) in [6, 6.07) is 14.0. The maximum atomic E-state index is 14.4. The summed E-state index contributed by atoms with van der Waals surface area (Å²) in [6.07, 6.45) is 1.65. The van der Waals surface area contributed by atoms with E-state index in [4.69, 9.17) is 0 Å². The SMILES string of the molecule is CC(C)N(Cc1ccc(F)c(-c2ccc(OC(F)(F)F)cc2)c1)C(=O)c1cn(C)cn1.CC(C)N(Cc1ccc(F)c(Br)c1)C(=O)c1cn(C)cn1. The molecule has 0 aliphatic carbocycles. The van der Waals surface area contributed by atoms with Gasteiger partial charge < -0.3 is 23.7 Å². The first kappa shape index (κ1) is 39.7. The van der Waals surface area contributed by atoms with E-state index in [9.17, 15) is 31.5 Å². The molecule has 0 aliphatic heterocycles. The van der Waals surface area contributed by atoms with Crippen LogP contribution < -0.4 is 4.74 Å². The number of imidazole rings is 2. The molecule has 9 nitrogen and oxygen atoms in total. The molecule has 0 N–H and O–H groups in total. The number of halogens is 6. The van der Waals surface area contributed by atoms with Crippen molar-refractivity contribution in [2.45, 2.75) is 59.2 Å². The van der Waals surface area contributed by atoms with Crippen LogP contribution in [0, 0.1) is 11.6 Å². The average molecular weight is 790 g/mol. The van der Waals surface area contributed by atoms with Gasteiger partial charge in [0.25, 0.3) is 11.8 Å². The predicted octanol–water partition coefficient (Wildman–Crippen LogP) is 8.55. The molecule has 5 aromatic rings. The van der Waals surface area contributed by atoms with E-state index in [0.717, 1.165) is 17.7 Å². The highest BCUT2D eigenvalue weighted by molar-refractivity contribution is 9.10. The van der Waals surface area contributed by atoms with Crippen LogP contribution in [0.4, 0.5) is 22.0 Å². The minimum Gasteiger partial charge on any atom is -0.406 e. The average Bonchev–Trinajstić information content (AvgIpc) is 3.72. The van der Waals surface area contributed by atoms with Crippen LogP contribution in [0.15, 0.2) is 90.2 Å².